The van der Waals surface area contributed by atoms with Crippen molar-refractivity contribution in [3.8, 4) is 5.75 Å². The number of aromatic nitrogens is 2. The summed E-state index contributed by atoms with van der Waals surface area (Å²) in [5.74, 6) is 0.260. The lowest BCUT2D eigenvalue weighted by molar-refractivity contribution is -0.115. The van der Waals surface area contributed by atoms with Gasteiger partial charge in [0, 0.05) is 24.2 Å². The lowest BCUT2D eigenvalue weighted by Gasteiger charge is -2.26. The predicted octanol–water partition coefficient (Wildman–Crippen LogP) is 4.84. The van der Waals surface area contributed by atoms with E-state index in [0.717, 1.165) is 29.0 Å². The second-order valence-corrected chi connectivity index (χ2v) is 9.36. The number of hydrogen-bond donors (Lipinski definition) is 1. The van der Waals surface area contributed by atoms with Crippen LogP contribution >= 0.6 is 23.4 Å². The highest BCUT2D eigenvalue weighted by Crippen LogP contribution is 2.31. The third kappa shape index (κ3) is 6.32. The standard InChI is InChI=1S/C23H23ClF2N4O3S/c1-14(21(31)27-15-6-7-19(17(24)12-15)33-23(25)26)34-22-16-4-2-3-5-18(16)28-20(29-22)13-30-8-10-32-11-9-30/h2-7,12,14,23H,8-11,13H2,1H3,(H,27,31). The fraction of sp³-hybridized carbons (Fsp3) is 0.348. The summed E-state index contributed by atoms with van der Waals surface area (Å²) < 4.78 is 34.6. The van der Waals surface area contributed by atoms with Gasteiger partial charge in [0.05, 0.1) is 35.5 Å². The van der Waals surface area contributed by atoms with Gasteiger partial charge in [-0.1, -0.05) is 41.6 Å². The quantitative estimate of drug-likeness (QED) is 0.345. The van der Waals surface area contributed by atoms with Crippen molar-refractivity contribution in [3.05, 3.63) is 53.3 Å². The monoisotopic (exact) mass is 508 g/mol. The van der Waals surface area contributed by atoms with Crippen molar-refractivity contribution in [2.45, 2.75) is 30.4 Å². The maximum Gasteiger partial charge on any atom is 0.387 e. The van der Waals surface area contributed by atoms with Crippen LogP contribution in [0.25, 0.3) is 10.9 Å². The molecule has 1 aliphatic heterocycles. The fourth-order valence-corrected chi connectivity index (χ4v) is 4.63. The molecule has 34 heavy (non-hydrogen) atoms. The van der Waals surface area contributed by atoms with Crippen LogP contribution < -0.4 is 10.1 Å². The van der Waals surface area contributed by atoms with Crippen molar-refractivity contribution in [2.75, 3.05) is 31.6 Å². The number of nitrogens with one attached hydrogen (secondary N) is 1. The Morgan fingerprint density at radius 1 is 1.24 bits per heavy atom. The number of thioether (sulfide) groups is 1. The Kier molecular flexibility index (Phi) is 8.15. The van der Waals surface area contributed by atoms with E-state index < -0.39 is 11.9 Å². The van der Waals surface area contributed by atoms with E-state index in [-0.39, 0.29) is 16.7 Å². The highest BCUT2D eigenvalue weighted by atomic mass is 35.5. The minimum absolute atomic E-state index is 0.0204. The molecule has 0 bridgehead atoms. The molecule has 2 aromatic carbocycles. The van der Waals surface area contributed by atoms with Crippen molar-refractivity contribution in [1.82, 2.24) is 14.9 Å². The van der Waals surface area contributed by atoms with Crippen molar-refractivity contribution in [3.63, 3.8) is 0 Å². The van der Waals surface area contributed by atoms with Gasteiger partial charge in [-0.2, -0.15) is 8.78 Å². The molecule has 1 amide bonds. The first kappa shape index (κ1) is 24.6. The third-order valence-corrected chi connectivity index (χ3v) is 6.55. The molecule has 7 nitrogen and oxygen atoms in total. The number of morpholine rings is 1. The molecular weight excluding hydrogens is 486 g/mol. The van der Waals surface area contributed by atoms with E-state index in [4.69, 9.17) is 26.3 Å². The van der Waals surface area contributed by atoms with Crippen molar-refractivity contribution in [2.24, 2.45) is 0 Å². The molecule has 1 saturated heterocycles. The van der Waals surface area contributed by atoms with Gasteiger partial charge in [-0.25, -0.2) is 9.97 Å². The number of para-hydroxylation sites is 1. The highest BCUT2D eigenvalue weighted by Gasteiger charge is 2.20. The Balaban J connectivity index is 1.48. The number of rotatable bonds is 8. The van der Waals surface area contributed by atoms with Crippen LogP contribution in [-0.2, 0) is 16.1 Å². The van der Waals surface area contributed by atoms with E-state index in [1.165, 1.54) is 30.0 Å². The number of hydrogen-bond acceptors (Lipinski definition) is 7. The predicted molar refractivity (Wildman–Crippen MR) is 128 cm³/mol. The van der Waals surface area contributed by atoms with E-state index in [0.29, 0.717) is 31.3 Å². The van der Waals surface area contributed by atoms with Gasteiger partial charge in [-0.05, 0) is 31.2 Å². The van der Waals surface area contributed by atoms with E-state index in [1.807, 2.05) is 24.3 Å². The molecule has 1 aliphatic rings. The zero-order valence-corrected chi connectivity index (χ0v) is 19.9. The molecule has 1 atom stereocenters. The molecule has 180 valence electrons. The summed E-state index contributed by atoms with van der Waals surface area (Å²) in [6.07, 6.45) is 0. The van der Waals surface area contributed by atoms with Crippen LogP contribution in [0, 0.1) is 0 Å². The van der Waals surface area contributed by atoms with E-state index >= 15 is 0 Å². The van der Waals surface area contributed by atoms with Gasteiger partial charge in [0.25, 0.3) is 0 Å². The van der Waals surface area contributed by atoms with Crippen LogP contribution in [0.1, 0.15) is 12.7 Å². The topological polar surface area (TPSA) is 76.6 Å². The van der Waals surface area contributed by atoms with Gasteiger partial charge in [0.1, 0.15) is 16.6 Å². The molecule has 11 heteroatoms. The van der Waals surface area contributed by atoms with E-state index in [2.05, 4.69) is 15.0 Å². The maximum atomic E-state index is 12.8. The Bertz CT molecular complexity index is 1160. The maximum absolute atomic E-state index is 12.8. The van der Waals surface area contributed by atoms with Crippen LogP contribution in [0.2, 0.25) is 5.02 Å². The Morgan fingerprint density at radius 2 is 2.00 bits per heavy atom. The summed E-state index contributed by atoms with van der Waals surface area (Å²) in [5, 5.41) is 3.83. The molecule has 0 aliphatic carbocycles. The number of anilines is 1. The Hall–Kier alpha value is -2.53. The molecule has 3 aromatic rings. The second kappa shape index (κ2) is 11.3. The third-order valence-electron chi connectivity index (χ3n) is 5.16. The number of ether oxygens (including phenoxy) is 2. The largest absolute Gasteiger partial charge is 0.433 e. The molecule has 2 heterocycles. The summed E-state index contributed by atoms with van der Waals surface area (Å²) in [5.41, 5.74) is 1.20. The summed E-state index contributed by atoms with van der Waals surface area (Å²) in [7, 11) is 0. The van der Waals surface area contributed by atoms with E-state index in [9.17, 15) is 13.6 Å². The first-order valence-corrected chi connectivity index (χ1v) is 11.9. The number of benzene rings is 2. The molecule has 0 radical (unpaired) electrons. The minimum Gasteiger partial charge on any atom is -0.433 e. The molecule has 0 saturated carbocycles. The smallest absolute Gasteiger partial charge is 0.387 e. The molecule has 4 rings (SSSR count). The van der Waals surface area contributed by atoms with Gasteiger partial charge in [0.15, 0.2) is 0 Å². The average molecular weight is 509 g/mol. The Labute approximate surface area is 204 Å². The Morgan fingerprint density at radius 3 is 2.74 bits per heavy atom. The van der Waals surface area contributed by atoms with Gasteiger partial charge in [-0.15, -0.1) is 0 Å². The number of nitrogens with zero attached hydrogens (tertiary/aromatic N) is 3. The van der Waals surface area contributed by atoms with Crippen LogP contribution in [0.15, 0.2) is 47.5 Å². The fourth-order valence-electron chi connectivity index (χ4n) is 3.45. The number of amides is 1. The van der Waals surface area contributed by atoms with Crippen LogP contribution in [-0.4, -0.2) is 58.9 Å². The summed E-state index contributed by atoms with van der Waals surface area (Å²) in [6.45, 7) is 2.41. The average Bonchev–Trinajstić information content (AvgIpc) is 2.81. The number of halogens is 3. The molecule has 1 aromatic heterocycles. The lowest BCUT2D eigenvalue weighted by atomic mass is 10.2. The zero-order chi connectivity index (χ0) is 24.1. The molecule has 1 fully saturated rings. The molecular formula is C23H23ClF2N4O3S. The number of alkyl halides is 2. The molecule has 0 spiro atoms. The first-order chi connectivity index (χ1) is 16.4. The molecule has 1 unspecified atom stereocenters. The number of fused-ring (bicyclic) bond motifs is 1. The minimum atomic E-state index is -2.98. The van der Waals surface area contributed by atoms with Gasteiger partial charge in [0.2, 0.25) is 5.91 Å². The van der Waals surface area contributed by atoms with Crippen LogP contribution in [0.4, 0.5) is 14.5 Å². The van der Waals surface area contributed by atoms with Gasteiger partial charge >= 0.3 is 6.61 Å². The van der Waals surface area contributed by atoms with Crippen LogP contribution in [0.5, 0.6) is 5.75 Å². The van der Waals surface area contributed by atoms with Crippen molar-refractivity contribution < 1.29 is 23.0 Å². The highest BCUT2D eigenvalue weighted by molar-refractivity contribution is 8.00. The van der Waals surface area contributed by atoms with Crippen LogP contribution in [0.3, 0.4) is 0 Å². The normalized spacial score (nSPS) is 15.4. The van der Waals surface area contributed by atoms with E-state index in [1.54, 1.807) is 6.92 Å². The zero-order valence-electron chi connectivity index (χ0n) is 18.3. The first-order valence-electron chi connectivity index (χ1n) is 10.7. The summed E-state index contributed by atoms with van der Waals surface area (Å²) in [6, 6.07) is 11.8. The lowest BCUT2D eigenvalue weighted by Crippen LogP contribution is -2.36. The molecule has 1 N–H and O–H groups in total. The second-order valence-electron chi connectivity index (χ2n) is 7.62. The van der Waals surface area contributed by atoms with Gasteiger partial charge < -0.3 is 14.8 Å². The summed E-state index contributed by atoms with van der Waals surface area (Å²) in [4.78, 5) is 24.5. The SMILES string of the molecule is CC(Sc1nc(CN2CCOCC2)nc2ccccc12)C(=O)Nc1ccc(OC(F)F)c(Cl)c1. The number of carbonyl (C=O) groups is 1. The van der Waals surface area contributed by atoms with Crippen molar-refractivity contribution >= 4 is 45.9 Å². The number of carbonyl (C=O) groups excluding carboxylic acids is 1. The van der Waals surface area contributed by atoms with Crippen molar-refractivity contribution in [1.29, 1.82) is 0 Å². The van der Waals surface area contributed by atoms with Gasteiger partial charge in [-0.3, -0.25) is 9.69 Å². The summed E-state index contributed by atoms with van der Waals surface area (Å²) >= 11 is 7.31.